The van der Waals surface area contributed by atoms with Gasteiger partial charge in [0.2, 0.25) is 0 Å². The quantitative estimate of drug-likeness (QED) is 0.840. The van der Waals surface area contributed by atoms with Crippen molar-refractivity contribution in [3.8, 4) is 0 Å². The Hall–Kier alpha value is -0.800. The van der Waals surface area contributed by atoms with Crippen LogP contribution in [0.1, 0.15) is 36.5 Å². The van der Waals surface area contributed by atoms with Gasteiger partial charge in [0.15, 0.2) is 0 Å². The maximum Gasteiger partial charge on any atom is 0.253 e. The fraction of sp³-hybridized carbons (Fsp3) is 0.500. The molecule has 1 fully saturated rings. The molecule has 0 aliphatic heterocycles. The molecular weight excluding hydrogens is 259 g/mol. The second-order valence-corrected chi connectivity index (χ2v) is 5.37. The third-order valence-corrected chi connectivity index (χ3v) is 3.60. The molecule has 2 rings (SSSR count). The molecular formula is C12H14Cl2N2O. The molecule has 2 atom stereocenters. The zero-order valence-corrected chi connectivity index (χ0v) is 11.1. The van der Waals surface area contributed by atoms with Crippen LogP contribution in [0.2, 0.25) is 10.2 Å². The van der Waals surface area contributed by atoms with Gasteiger partial charge in [-0.15, -0.1) is 0 Å². The molecule has 1 aromatic rings. The summed E-state index contributed by atoms with van der Waals surface area (Å²) in [6, 6.07) is 1.75. The summed E-state index contributed by atoms with van der Waals surface area (Å²) in [5.41, 5.74) is 0.395. The zero-order chi connectivity index (χ0) is 12.4. The first-order chi connectivity index (χ1) is 8.06. The maximum absolute atomic E-state index is 12.0. The SMILES string of the molecule is CC1CCC(NC(=O)c2cc(Cl)ncc2Cl)C1. The van der Waals surface area contributed by atoms with Gasteiger partial charge in [-0.1, -0.05) is 30.1 Å². The lowest BCUT2D eigenvalue weighted by atomic mass is 10.1. The number of halogens is 2. The van der Waals surface area contributed by atoms with Crippen LogP contribution in [-0.4, -0.2) is 16.9 Å². The molecule has 1 aliphatic rings. The van der Waals surface area contributed by atoms with Crippen LogP contribution in [0.3, 0.4) is 0 Å². The molecule has 2 unspecified atom stereocenters. The van der Waals surface area contributed by atoms with E-state index >= 15 is 0 Å². The van der Waals surface area contributed by atoms with Crippen molar-refractivity contribution in [3.05, 3.63) is 28.0 Å². The van der Waals surface area contributed by atoms with Crippen LogP contribution < -0.4 is 5.32 Å². The monoisotopic (exact) mass is 272 g/mol. The zero-order valence-electron chi connectivity index (χ0n) is 9.54. The average Bonchev–Trinajstić information content (AvgIpc) is 2.67. The molecule has 1 aliphatic carbocycles. The van der Waals surface area contributed by atoms with Crippen LogP contribution in [0.5, 0.6) is 0 Å². The van der Waals surface area contributed by atoms with Crippen molar-refractivity contribution in [3.63, 3.8) is 0 Å². The number of pyridine rings is 1. The fourth-order valence-corrected chi connectivity index (χ4v) is 2.54. The normalized spacial score (nSPS) is 23.7. The number of nitrogens with zero attached hydrogens (tertiary/aromatic N) is 1. The Kier molecular flexibility index (Phi) is 3.89. The highest BCUT2D eigenvalue weighted by atomic mass is 35.5. The predicted molar refractivity (Wildman–Crippen MR) is 68.5 cm³/mol. The predicted octanol–water partition coefficient (Wildman–Crippen LogP) is 3.31. The van der Waals surface area contributed by atoms with Gasteiger partial charge in [-0.3, -0.25) is 4.79 Å². The highest BCUT2D eigenvalue weighted by molar-refractivity contribution is 6.35. The standard InChI is InChI=1S/C12H14Cl2N2O/c1-7-2-3-8(4-7)16-12(17)9-5-11(14)15-6-10(9)13/h5-8H,2-4H2,1H3,(H,16,17). The first-order valence-corrected chi connectivity index (χ1v) is 6.43. The Balaban J connectivity index is 2.06. The van der Waals surface area contributed by atoms with Gasteiger partial charge in [0.1, 0.15) is 5.15 Å². The molecule has 1 saturated carbocycles. The summed E-state index contributed by atoms with van der Waals surface area (Å²) in [6.45, 7) is 2.20. The van der Waals surface area contributed by atoms with Crippen LogP contribution >= 0.6 is 23.2 Å². The second kappa shape index (κ2) is 5.23. The lowest BCUT2D eigenvalue weighted by Crippen LogP contribution is -2.33. The van der Waals surface area contributed by atoms with E-state index in [2.05, 4.69) is 17.2 Å². The second-order valence-electron chi connectivity index (χ2n) is 4.58. The number of hydrogen-bond acceptors (Lipinski definition) is 2. The van der Waals surface area contributed by atoms with Crippen LogP contribution in [-0.2, 0) is 0 Å². The van der Waals surface area contributed by atoms with E-state index in [0.717, 1.165) is 19.3 Å². The van der Waals surface area contributed by atoms with E-state index in [1.54, 1.807) is 0 Å². The van der Waals surface area contributed by atoms with E-state index in [-0.39, 0.29) is 17.1 Å². The summed E-state index contributed by atoms with van der Waals surface area (Å²) < 4.78 is 0. The molecule has 5 heteroatoms. The Bertz CT molecular complexity index is 437. The third kappa shape index (κ3) is 3.11. The van der Waals surface area contributed by atoms with Gasteiger partial charge in [-0.05, 0) is 31.2 Å². The van der Waals surface area contributed by atoms with E-state index in [4.69, 9.17) is 23.2 Å². The van der Waals surface area contributed by atoms with E-state index in [9.17, 15) is 4.79 Å². The summed E-state index contributed by atoms with van der Waals surface area (Å²) in [6.07, 6.45) is 4.62. The van der Waals surface area contributed by atoms with E-state index in [0.29, 0.717) is 16.5 Å². The van der Waals surface area contributed by atoms with Crippen molar-refractivity contribution in [2.24, 2.45) is 5.92 Å². The average molecular weight is 273 g/mol. The molecule has 1 N–H and O–H groups in total. The number of amides is 1. The molecule has 1 heterocycles. The van der Waals surface area contributed by atoms with Gasteiger partial charge in [0.25, 0.3) is 5.91 Å². The highest BCUT2D eigenvalue weighted by Gasteiger charge is 2.23. The number of rotatable bonds is 2. The molecule has 0 spiro atoms. The summed E-state index contributed by atoms with van der Waals surface area (Å²) in [4.78, 5) is 15.8. The minimum absolute atomic E-state index is 0.168. The van der Waals surface area contributed by atoms with Gasteiger partial charge < -0.3 is 5.32 Å². The summed E-state index contributed by atoms with van der Waals surface area (Å²) in [5, 5.41) is 3.59. The van der Waals surface area contributed by atoms with E-state index in [1.807, 2.05) is 0 Å². The third-order valence-electron chi connectivity index (χ3n) is 3.10. The molecule has 1 amide bonds. The molecule has 0 saturated heterocycles. The van der Waals surface area contributed by atoms with Crippen LogP contribution in [0.4, 0.5) is 0 Å². The van der Waals surface area contributed by atoms with Crippen LogP contribution in [0.25, 0.3) is 0 Å². The Morgan fingerprint density at radius 3 is 2.88 bits per heavy atom. The Morgan fingerprint density at radius 2 is 2.24 bits per heavy atom. The van der Waals surface area contributed by atoms with Crippen molar-refractivity contribution < 1.29 is 4.79 Å². The molecule has 17 heavy (non-hydrogen) atoms. The smallest absolute Gasteiger partial charge is 0.253 e. The molecule has 1 aromatic heterocycles. The van der Waals surface area contributed by atoms with Crippen molar-refractivity contribution in [2.45, 2.75) is 32.2 Å². The van der Waals surface area contributed by atoms with Gasteiger partial charge in [0, 0.05) is 12.2 Å². The molecule has 92 valence electrons. The molecule has 0 radical (unpaired) electrons. The van der Waals surface area contributed by atoms with Crippen LogP contribution in [0, 0.1) is 5.92 Å². The van der Waals surface area contributed by atoms with E-state index < -0.39 is 0 Å². The number of aromatic nitrogens is 1. The number of carbonyl (C=O) groups is 1. The van der Waals surface area contributed by atoms with Gasteiger partial charge in [0.05, 0.1) is 10.6 Å². The van der Waals surface area contributed by atoms with Crippen molar-refractivity contribution in [1.29, 1.82) is 0 Å². The first-order valence-electron chi connectivity index (χ1n) is 5.68. The number of carbonyl (C=O) groups excluding carboxylic acids is 1. The van der Waals surface area contributed by atoms with Crippen molar-refractivity contribution in [2.75, 3.05) is 0 Å². The lowest BCUT2D eigenvalue weighted by molar-refractivity contribution is 0.0937. The molecule has 0 aromatic carbocycles. The first kappa shape index (κ1) is 12.7. The maximum atomic E-state index is 12.0. The summed E-state index contributed by atoms with van der Waals surface area (Å²) in [5.74, 6) is 0.509. The molecule has 0 bridgehead atoms. The summed E-state index contributed by atoms with van der Waals surface area (Å²) in [7, 11) is 0. The Morgan fingerprint density at radius 1 is 1.47 bits per heavy atom. The highest BCUT2D eigenvalue weighted by Crippen LogP contribution is 2.25. The number of hydrogen-bond donors (Lipinski definition) is 1. The lowest BCUT2D eigenvalue weighted by Gasteiger charge is -2.13. The van der Waals surface area contributed by atoms with Gasteiger partial charge in [-0.25, -0.2) is 4.98 Å². The minimum Gasteiger partial charge on any atom is -0.349 e. The number of nitrogens with one attached hydrogen (secondary N) is 1. The Labute approximate surface area is 111 Å². The van der Waals surface area contributed by atoms with Crippen LogP contribution in [0.15, 0.2) is 12.3 Å². The van der Waals surface area contributed by atoms with Gasteiger partial charge >= 0.3 is 0 Å². The van der Waals surface area contributed by atoms with E-state index in [1.165, 1.54) is 12.3 Å². The minimum atomic E-state index is -0.168. The molecule has 3 nitrogen and oxygen atoms in total. The fourth-order valence-electron chi connectivity index (χ4n) is 2.19. The largest absolute Gasteiger partial charge is 0.349 e. The topological polar surface area (TPSA) is 42.0 Å². The van der Waals surface area contributed by atoms with Crippen molar-refractivity contribution >= 4 is 29.1 Å². The van der Waals surface area contributed by atoms with Gasteiger partial charge in [-0.2, -0.15) is 0 Å². The summed E-state index contributed by atoms with van der Waals surface area (Å²) >= 11 is 11.7. The van der Waals surface area contributed by atoms with Crippen molar-refractivity contribution in [1.82, 2.24) is 10.3 Å².